The quantitative estimate of drug-likeness (QED) is 0.819. The summed E-state index contributed by atoms with van der Waals surface area (Å²) in [6.45, 7) is 5.63. The number of amides is 1. The van der Waals surface area contributed by atoms with Gasteiger partial charge in [-0.1, -0.05) is 38.1 Å². The highest BCUT2D eigenvalue weighted by Crippen LogP contribution is 2.17. The number of Topliss-reactive ketones (excluding diaryl/α,β-unsaturated/α-hetero) is 1. The Hall–Kier alpha value is -2.62. The Balaban J connectivity index is 1.90. The zero-order valence-corrected chi connectivity index (χ0v) is 13.6. The van der Waals surface area contributed by atoms with Crippen LogP contribution in [0.2, 0.25) is 0 Å². The first-order chi connectivity index (χ1) is 11.0. The number of hydrogen-bond donors (Lipinski definition) is 1. The van der Waals surface area contributed by atoms with E-state index >= 15 is 0 Å². The molecule has 0 unspecified atom stereocenters. The molecule has 2 aromatic carbocycles. The molecule has 0 aromatic heterocycles. The van der Waals surface area contributed by atoms with Gasteiger partial charge in [0.1, 0.15) is 5.75 Å². The predicted molar refractivity (Wildman–Crippen MR) is 91.1 cm³/mol. The predicted octanol–water partition coefficient (Wildman–Crippen LogP) is 4.03. The maximum atomic E-state index is 11.9. The molecule has 0 radical (unpaired) electrons. The maximum Gasteiger partial charge on any atom is 0.262 e. The number of carbonyl (C=O) groups excluding carboxylic acids is 2. The van der Waals surface area contributed by atoms with E-state index in [0.29, 0.717) is 17.2 Å². The Labute approximate surface area is 136 Å². The normalized spacial score (nSPS) is 10.4. The monoisotopic (exact) mass is 311 g/mol. The Morgan fingerprint density at radius 3 is 2.39 bits per heavy atom. The average Bonchev–Trinajstić information content (AvgIpc) is 2.53. The third-order valence-corrected chi connectivity index (χ3v) is 3.47. The Morgan fingerprint density at radius 1 is 1.09 bits per heavy atom. The number of anilines is 1. The van der Waals surface area contributed by atoms with Gasteiger partial charge in [-0.15, -0.1) is 0 Å². The lowest BCUT2D eigenvalue weighted by Crippen LogP contribution is -2.20. The molecule has 0 saturated carbocycles. The third-order valence-electron chi connectivity index (χ3n) is 3.47. The molecular formula is C19H21NO3. The maximum absolute atomic E-state index is 11.9. The summed E-state index contributed by atoms with van der Waals surface area (Å²) in [6, 6.07) is 14.5. The van der Waals surface area contributed by atoms with Crippen molar-refractivity contribution in [2.75, 3.05) is 11.9 Å². The van der Waals surface area contributed by atoms with Crippen LogP contribution in [0.4, 0.5) is 5.69 Å². The van der Waals surface area contributed by atoms with E-state index in [1.807, 2.05) is 24.3 Å². The van der Waals surface area contributed by atoms with Crippen molar-refractivity contribution >= 4 is 17.4 Å². The van der Waals surface area contributed by atoms with Crippen LogP contribution >= 0.6 is 0 Å². The van der Waals surface area contributed by atoms with Crippen LogP contribution < -0.4 is 10.1 Å². The van der Waals surface area contributed by atoms with Gasteiger partial charge in [-0.2, -0.15) is 0 Å². The van der Waals surface area contributed by atoms with Gasteiger partial charge in [-0.25, -0.2) is 0 Å². The van der Waals surface area contributed by atoms with E-state index in [0.717, 1.165) is 5.69 Å². The van der Waals surface area contributed by atoms with Gasteiger partial charge in [-0.05, 0) is 42.7 Å². The molecular weight excluding hydrogens is 290 g/mol. The molecule has 23 heavy (non-hydrogen) atoms. The molecule has 4 heteroatoms. The summed E-state index contributed by atoms with van der Waals surface area (Å²) in [5, 5.41) is 2.78. The van der Waals surface area contributed by atoms with E-state index in [-0.39, 0.29) is 18.3 Å². The largest absolute Gasteiger partial charge is 0.484 e. The minimum Gasteiger partial charge on any atom is -0.484 e. The van der Waals surface area contributed by atoms with E-state index in [1.54, 1.807) is 24.3 Å². The second-order valence-electron chi connectivity index (χ2n) is 5.70. The van der Waals surface area contributed by atoms with Crippen molar-refractivity contribution in [1.29, 1.82) is 0 Å². The topological polar surface area (TPSA) is 55.4 Å². The number of nitrogens with one attached hydrogen (secondary N) is 1. The van der Waals surface area contributed by atoms with E-state index in [4.69, 9.17) is 4.74 Å². The fourth-order valence-corrected chi connectivity index (χ4v) is 2.10. The molecule has 2 aromatic rings. The van der Waals surface area contributed by atoms with Crippen molar-refractivity contribution in [3.63, 3.8) is 0 Å². The van der Waals surface area contributed by atoms with Crippen molar-refractivity contribution in [1.82, 2.24) is 0 Å². The first-order valence-electron chi connectivity index (χ1n) is 7.59. The summed E-state index contributed by atoms with van der Waals surface area (Å²) in [5.41, 5.74) is 2.52. The van der Waals surface area contributed by atoms with Gasteiger partial charge in [0.2, 0.25) is 0 Å². The highest BCUT2D eigenvalue weighted by molar-refractivity contribution is 5.94. The molecule has 1 amide bonds. The zero-order valence-electron chi connectivity index (χ0n) is 13.6. The molecule has 0 atom stereocenters. The molecule has 1 N–H and O–H groups in total. The smallest absolute Gasteiger partial charge is 0.262 e. The molecule has 0 fully saturated rings. The van der Waals surface area contributed by atoms with Crippen LogP contribution in [-0.2, 0) is 4.79 Å². The zero-order chi connectivity index (χ0) is 16.8. The van der Waals surface area contributed by atoms with Crippen molar-refractivity contribution in [2.45, 2.75) is 26.7 Å². The SMILES string of the molecule is CC(=O)c1cccc(OCC(=O)Nc2ccc(C(C)C)cc2)c1. The highest BCUT2D eigenvalue weighted by atomic mass is 16.5. The van der Waals surface area contributed by atoms with Gasteiger partial charge >= 0.3 is 0 Å². The van der Waals surface area contributed by atoms with Crippen LogP contribution in [0.3, 0.4) is 0 Å². The van der Waals surface area contributed by atoms with Gasteiger partial charge < -0.3 is 10.1 Å². The molecule has 0 spiro atoms. The lowest BCUT2D eigenvalue weighted by molar-refractivity contribution is -0.118. The standard InChI is InChI=1S/C19H21NO3/c1-13(2)15-7-9-17(10-8-15)20-19(22)12-23-18-6-4-5-16(11-18)14(3)21/h4-11,13H,12H2,1-3H3,(H,20,22). The minimum atomic E-state index is -0.240. The number of hydrogen-bond acceptors (Lipinski definition) is 3. The van der Waals surface area contributed by atoms with E-state index < -0.39 is 0 Å². The Morgan fingerprint density at radius 2 is 1.78 bits per heavy atom. The fraction of sp³-hybridized carbons (Fsp3) is 0.263. The van der Waals surface area contributed by atoms with E-state index in [2.05, 4.69) is 19.2 Å². The molecule has 0 bridgehead atoms. The molecule has 120 valence electrons. The van der Waals surface area contributed by atoms with Crippen LogP contribution in [0.5, 0.6) is 5.75 Å². The van der Waals surface area contributed by atoms with E-state index in [1.165, 1.54) is 12.5 Å². The lowest BCUT2D eigenvalue weighted by Gasteiger charge is -2.10. The van der Waals surface area contributed by atoms with Crippen molar-refractivity contribution in [3.05, 3.63) is 59.7 Å². The van der Waals surface area contributed by atoms with Gasteiger partial charge in [0.25, 0.3) is 5.91 Å². The number of rotatable bonds is 6. The number of ketones is 1. The fourth-order valence-electron chi connectivity index (χ4n) is 2.10. The summed E-state index contributed by atoms with van der Waals surface area (Å²) in [5.74, 6) is 0.681. The summed E-state index contributed by atoms with van der Waals surface area (Å²) in [4.78, 5) is 23.2. The minimum absolute atomic E-state index is 0.0369. The van der Waals surface area contributed by atoms with Crippen LogP contribution in [-0.4, -0.2) is 18.3 Å². The Kier molecular flexibility index (Phi) is 5.52. The average molecular weight is 311 g/mol. The molecule has 0 saturated heterocycles. The van der Waals surface area contributed by atoms with Crippen LogP contribution in [0.1, 0.15) is 42.6 Å². The summed E-state index contributed by atoms with van der Waals surface area (Å²) in [6.07, 6.45) is 0. The molecule has 0 aliphatic rings. The van der Waals surface area contributed by atoms with Crippen LogP contribution in [0, 0.1) is 0 Å². The summed E-state index contributed by atoms with van der Waals surface area (Å²) >= 11 is 0. The second-order valence-corrected chi connectivity index (χ2v) is 5.70. The summed E-state index contributed by atoms with van der Waals surface area (Å²) < 4.78 is 5.43. The first-order valence-corrected chi connectivity index (χ1v) is 7.59. The number of benzene rings is 2. The van der Waals surface area contributed by atoms with Crippen LogP contribution in [0.25, 0.3) is 0 Å². The second kappa shape index (κ2) is 7.58. The van der Waals surface area contributed by atoms with Crippen molar-refractivity contribution in [3.8, 4) is 5.75 Å². The molecule has 4 nitrogen and oxygen atoms in total. The van der Waals surface area contributed by atoms with Gasteiger partial charge in [-0.3, -0.25) is 9.59 Å². The van der Waals surface area contributed by atoms with E-state index in [9.17, 15) is 9.59 Å². The summed E-state index contributed by atoms with van der Waals surface area (Å²) in [7, 11) is 0. The molecule has 0 aliphatic carbocycles. The molecule has 2 rings (SSSR count). The van der Waals surface area contributed by atoms with Gasteiger partial charge in [0, 0.05) is 11.3 Å². The number of carbonyl (C=O) groups is 2. The van der Waals surface area contributed by atoms with Gasteiger partial charge in [0.05, 0.1) is 0 Å². The number of ether oxygens (including phenoxy) is 1. The van der Waals surface area contributed by atoms with Gasteiger partial charge in [0.15, 0.2) is 12.4 Å². The van der Waals surface area contributed by atoms with Crippen molar-refractivity contribution in [2.24, 2.45) is 0 Å². The third kappa shape index (κ3) is 4.95. The molecule has 0 aliphatic heterocycles. The van der Waals surface area contributed by atoms with Crippen molar-refractivity contribution < 1.29 is 14.3 Å². The first kappa shape index (κ1) is 16.7. The lowest BCUT2D eigenvalue weighted by atomic mass is 10.0. The highest BCUT2D eigenvalue weighted by Gasteiger charge is 2.06. The molecule has 0 heterocycles. The van der Waals surface area contributed by atoms with Crippen LogP contribution in [0.15, 0.2) is 48.5 Å². The Bertz CT molecular complexity index is 690.